The van der Waals surface area contributed by atoms with Gasteiger partial charge in [0.1, 0.15) is 0 Å². The van der Waals surface area contributed by atoms with E-state index in [4.69, 9.17) is 0 Å². The van der Waals surface area contributed by atoms with Crippen LogP contribution in [0.15, 0.2) is 86.6 Å². The average Bonchev–Trinajstić information content (AvgIpc) is 3.23. The van der Waals surface area contributed by atoms with E-state index in [9.17, 15) is 4.79 Å². The monoisotopic (exact) mass is 407 g/mol. The van der Waals surface area contributed by atoms with Gasteiger partial charge in [0, 0.05) is 18.5 Å². The number of hydrogen-bond acceptors (Lipinski definition) is 5. The number of anilines is 1. The number of amides is 1. The molecule has 1 saturated heterocycles. The fraction of sp³-hybridized carbons (Fsp3) is 0.182. The third kappa shape index (κ3) is 3.75. The van der Waals surface area contributed by atoms with Gasteiger partial charge in [0.15, 0.2) is 5.17 Å². The minimum atomic E-state index is -0.00257. The number of thioether (sulfide) groups is 2. The highest BCUT2D eigenvalue weighted by Crippen LogP contribution is 2.45. The van der Waals surface area contributed by atoms with Crippen molar-refractivity contribution in [1.29, 1.82) is 0 Å². The molecule has 0 unspecified atom stereocenters. The van der Waals surface area contributed by atoms with Crippen molar-refractivity contribution < 1.29 is 4.79 Å². The van der Waals surface area contributed by atoms with Crippen LogP contribution in [0.1, 0.15) is 12.5 Å². The second kappa shape index (κ2) is 8.29. The molecule has 1 fully saturated rings. The van der Waals surface area contributed by atoms with Gasteiger partial charge in [0.05, 0.1) is 22.2 Å². The molecule has 0 aromatic heterocycles. The smallest absolute Gasteiger partial charge is 0.266 e. The van der Waals surface area contributed by atoms with Crippen LogP contribution in [0, 0.1) is 0 Å². The number of nitrogens with zero attached hydrogens (tertiary/aromatic N) is 3. The van der Waals surface area contributed by atoms with Crippen molar-refractivity contribution in [2.45, 2.75) is 18.4 Å². The molecule has 0 spiro atoms. The molecule has 6 heteroatoms. The van der Waals surface area contributed by atoms with Crippen molar-refractivity contribution >= 4 is 40.3 Å². The Bertz CT molecular complexity index is 982. The molecule has 2 heterocycles. The number of hydrogen-bond donors (Lipinski definition) is 0. The number of fused-ring (bicyclic) bond motifs is 1. The summed E-state index contributed by atoms with van der Waals surface area (Å²) in [6.07, 6.45) is 3.97. The van der Waals surface area contributed by atoms with E-state index < -0.39 is 0 Å². The van der Waals surface area contributed by atoms with E-state index in [0.717, 1.165) is 22.3 Å². The summed E-state index contributed by atoms with van der Waals surface area (Å²) in [7, 11) is 1.78. The van der Waals surface area contributed by atoms with Gasteiger partial charge in [-0.15, -0.1) is 0 Å². The molecular weight excluding hydrogens is 386 g/mol. The van der Waals surface area contributed by atoms with Gasteiger partial charge in [-0.25, -0.2) is 0 Å². The summed E-state index contributed by atoms with van der Waals surface area (Å²) < 4.78 is 0. The highest BCUT2D eigenvalue weighted by atomic mass is 32.2. The Kier molecular flexibility index (Phi) is 5.59. The van der Waals surface area contributed by atoms with Crippen LogP contribution < -0.4 is 4.90 Å². The maximum atomic E-state index is 12.6. The summed E-state index contributed by atoms with van der Waals surface area (Å²) in [4.78, 5) is 23.1. The lowest BCUT2D eigenvalue weighted by Crippen LogP contribution is -2.24. The number of rotatable bonds is 4. The molecular formula is C22H21N3OS2. The van der Waals surface area contributed by atoms with E-state index in [-0.39, 0.29) is 5.91 Å². The largest absolute Gasteiger partial charge is 0.335 e. The molecule has 0 N–H and O–H groups in total. The molecule has 4 nitrogen and oxygen atoms in total. The van der Waals surface area contributed by atoms with Crippen molar-refractivity contribution in [2.24, 2.45) is 4.99 Å². The summed E-state index contributed by atoms with van der Waals surface area (Å²) in [5, 5.41) is 1.88. The molecule has 28 heavy (non-hydrogen) atoms. The lowest BCUT2D eigenvalue weighted by atomic mass is 10.2. The fourth-order valence-electron chi connectivity index (χ4n) is 3.10. The highest BCUT2D eigenvalue weighted by molar-refractivity contribution is 8.18. The maximum absolute atomic E-state index is 12.6. The lowest BCUT2D eigenvalue weighted by molar-refractivity contribution is -0.121. The number of carbonyl (C=O) groups is 1. The fourth-order valence-corrected chi connectivity index (χ4v) is 5.13. The molecule has 2 aliphatic heterocycles. The van der Waals surface area contributed by atoms with Crippen LogP contribution in [-0.4, -0.2) is 29.6 Å². The summed E-state index contributed by atoms with van der Waals surface area (Å²) in [6, 6.07) is 18.5. The van der Waals surface area contributed by atoms with Gasteiger partial charge in [-0.05, 0) is 48.5 Å². The summed E-state index contributed by atoms with van der Waals surface area (Å²) in [6.45, 7) is 3.61. The Morgan fingerprint density at radius 1 is 1.00 bits per heavy atom. The molecule has 2 aliphatic rings. The van der Waals surface area contributed by atoms with Crippen LogP contribution in [0.5, 0.6) is 0 Å². The number of para-hydroxylation sites is 1. The van der Waals surface area contributed by atoms with Gasteiger partial charge in [0.2, 0.25) is 0 Å². The van der Waals surface area contributed by atoms with Gasteiger partial charge in [-0.1, -0.05) is 54.2 Å². The van der Waals surface area contributed by atoms with Crippen molar-refractivity contribution in [1.82, 2.24) is 4.90 Å². The first-order chi connectivity index (χ1) is 13.7. The minimum absolute atomic E-state index is 0.00257. The Balaban J connectivity index is 1.52. The number of carbonyl (C=O) groups excluding carboxylic acids is 1. The van der Waals surface area contributed by atoms with E-state index >= 15 is 0 Å². The van der Waals surface area contributed by atoms with E-state index in [1.54, 1.807) is 23.7 Å². The van der Waals surface area contributed by atoms with Crippen LogP contribution in [0.4, 0.5) is 5.69 Å². The standard InChI is InChI=1S/C22H21N3OS2/c1-3-25-17-11-7-8-12-18(17)27-20(25)14-13-19-21(26)24(2)22(28-19)23-15-16-9-5-4-6-10-16/h4-14H,3,15H2,1-2H3/b19-13-,20-14-,23-22?. The number of allylic oxidation sites excluding steroid dienone is 2. The maximum Gasteiger partial charge on any atom is 0.266 e. The molecule has 2 aromatic carbocycles. The van der Waals surface area contributed by atoms with Gasteiger partial charge in [-0.2, -0.15) is 0 Å². The van der Waals surface area contributed by atoms with Crippen LogP contribution in [0.25, 0.3) is 0 Å². The minimum Gasteiger partial charge on any atom is -0.335 e. The first-order valence-electron chi connectivity index (χ1n) is 9.18. The highest BCUT2D eigenvalue weighted by Gasteiger charge is 2.30. The topological polar surface area (TPSA) is 35.9 Å². The summed E-state index contributed by atoms with van der Waals surface area (Å²) in [5.41, 5.74) is 2.36. The van der Waals surface area contributed by atoms with Crippen LogP contribution in [0.3, 0.4) is 0 Å². The molecule has 1 amide bonds. The van der Waals surface area contributed by atoms with E-state index in [2.05, 4.69) is 41.1 Å². The van der Waals surface area contributed by atoms with E-state index in [0.29, 0.717) is 11.4 Å². The number of likely N-dealkylation sites (N-methyl/N-ethyl adjacent to an activating group) is 1. The molecule has 0 radical (unpaired) electrons. The van der Waals surface area contributed by atoms with Crippen molar-refractivity contribution in [3.8, 4) is 0 Å². The number of aliphatic imine (C=N–C) groups is 1. The molecule has 4 rings (SSSR count). The summed E-state index contributed by atoms with van der Waals surface area (Å²) in [5.74, 6) is -0.00257. The van der Waals surface area contributed by atoms with Gasteiger partial charge in [-0.3, -0.25) is 14.7 Å². The Morgan fingerprint density at radius 3 is 2.54 bits per heavy atom. The third-order valence-electron chi connectivity index (χ3n) is 4.57. The van der Waals surface area contributed by atoms with Crippen molar-refractivity contribution in [2.75, 3.05) is 18.5 Å². The Hall–Kier alpha value is -2.44. The molecule has 0 aliphatic carbocycles. The summed E-state index contributed by atoms with van der Waals surface area (Å²) >= 11 is 3.18. The normalized spacial score (nSPS) is 20.6. The van der Waals surface area contributed by atoms with Gasteiger partial charge < -0.3 is 4.90 Å². The predicted molar refractivity (Wildman–Crippen MR) is 119 cm³/mol. The van der Waals surface area contributed by atoms with Gasteiger partial charge >= 0.3 is 0 Å². The van der Waals surface area contributed by atoms with E-state index in [1.165, 1.54) is 22.3 Å². The third-order valence-corrected chi connectivity index (χ3v) is 6.82. The zero-order valence-electron chi connectivity index (χ0n) is 15.8. The van der Waals surface area contributed by atoms with E-state index in [1.807, 2.05) is 42.5 Å². The first kappa shape index (κ1) is 18.9. The molecule has 0 bridgehead atoms. The first-order valence-corrected chi connectivity index (χ1v) is 10.8. The Morgan fingerprint density at radius 2 is 1.75 bits per heavy atom. The molecule has 2 aromatic rings. The second-order valence-electron chi connectivity index (χ2n) is 6.40. The SMILES string of the molecule is CCN1/C(=C/C=C2\SC(=NCc3ccccc3)N(C)C2=O)Sc2ccccc21. The lowest BCUT2D eigenvalue weighted by Gasteiger charge is -2.17. The molecule has 0 saturated carbocycles. The van der Waals surface area contributed by atoms with Crippen LogP contribution in [0.2, 0.25) is 0 Å². The Labute approximate surface area is 174 Å². The number of amidine groups is 1. The van der Waals surface area contributed by atoms with Crippen LogP contribution >= 0.6 is 23.5 Å². The zero-order chi connectivity index (χ0) is 19.5. The van der Waals surface area contributed by atoms with Gasteiger partial charge in [0.25, 0.3) is 5.91 Å². The molecule has 0 atom stereocenters. The zero-order valence-corrected chi connectivity index (χ0v) is 17.5. The quantitative estimate of drug-likeness (QED) is 0.660. The predicted octanol–water partition coefficient (Wildman–Crippen LogP) is 5.11. The second-order valence-corrected chi connectivity index (χ2v) is 8.47. The average molecular weight is 408 g/mol. The molecule has 142 valence electrons. The van der Waals surface area contributed by atoms with Crippen molar-refractivity contribution in [3.05, 3.63) is 82.2 Å². The number of benzene rings is 2. The van der Waals surface area contributed by atoms with Crippen molar-refractivity contribution in [3.63, 3.8) is 0 Å². The van der Waals surface area contributed by atoms with Crippen LogP contribution in [-0.2, 0) is 11.3 Å².